The Bertz CT molecular complexity index is 940. The number of nitrogens with two attached hydrogens (primary N) is 1. The third-order valence-electron chi connectivity index (χ3n) is 3.90. The van der Waals surface area contributed by atoms with Crippen LogP contribution in [0.1, 0.15) is 5.56 Å². The van der Waals surface area contributed by atoms with Gasteiger partial charge in [0.05, 0.1) is 5.69 Å². The lowest BCUT2D eigenvalue weighted by Crippen LogP contribution is -2.24. The molecule has 0 spiro atoms. The number of hydrogen-bond acceptors (Lipinski definition) is 3. The molecule has 24 heavy (non-hydrogen) atoms. The van der Waals surface area contributed by atoms with Crippen LogP contribution in [0.25, 0.3) is 21.9 Å². The number of aromatic nitrogens is 1. The van der Waals surface area contributed by atoms with Gasteiger partial charge in [-0.3, -0.25) is 5.32 Å². The number of amides is 2. The molecule has 4 N–H and O–H groups in total. The van der Waals surface area contributed by atoms with E-state index in [1.165, 1.54) is 13.2 Å². The second-order valence-corrected chi connectivity index (χ2v) is 5.46. The predicted molar refractivity (Wildman–Crippen MR) is 94.4 cm³/mol. The van der Waals surface area contributed by atoms with E-state index in [2.05, 4.69) is 15.6 Å². The van der Waals surface area contributed by atoms with E-state index in [0.29, 0.717) is 22.2 Å². The molecule has 2 aromatic carbocycles. The molecular weight excluding hydrogens is 307 g/mol. The standard InChI is InChI=1S/C18H17FN4O/c1-10-5-3-4-6-12(10)13-7-11-8-15(23-18(24)21-2)22-9-14(11)17(20)16(13)19/h3-9H,20H2,1-2H3,(H2,21,22,23,24). The molecule has 5 nitrogen and oxygen atoms in total. The second-order valence-electron chi connectivity index (χ2n) is 5.46. The number of aryl methyl sites for hydroxylation is 1. The number of rotatable bonds is 2. The first kappa shape index (κ1) is 15.7. The number of carbonyl (C=O) groups is 1. The Hall–Kier alpha value is -3.15. The molecule has 0 radical (unpaired) electrons. The van der Waals surface area contributed by atoms with Crippen LogP contribution in [-0.4, -0.2) is 18.1 Å². The topological polar surface area (TPSA) is 80.0 Å². The number of carbonyl (C=O) groups excluding carboxylic acids is 1. The van der Waals surface area contributed by atoms with E-state index in [1.54, 1.807) is 12.1 Å². The van der Waals surface area contributed by atoms with Gasteiger partial charge in [0, 0.05) is 24.2 Å². The van der Waals surface area contributed by atoms with Gasteiger partial charge in [0.1, 0.15) is 5.82 Å². The van der Waals surface area contributed by atoms with Gasteiger partial charge in [0.2, 0.25) is 0 Å². The minimum Gasteiger partial charge on any atom is -0.396 e. The van der Waals surface area contributed by atoms with Crippen LogP contribution in [0.2, 0.25) is 0 Å². The Kier molecular flexibility index (Phi) is 4.04. The van der Waals surface area contributed by atoms with Crippen molar-refractivity contribution in [2.75, 3.05) is 18.1 Å². The van der Waals surface area contributed by atoms with E-state index < -0.39 is 5.82 Å². The molecule has 0 aliphatic carbocycles. The van der Waals surface area contributed by atoms with E-state index in [9.17, 15) is 9.18 Å². The van der Waals surface area contributed by atoms with Crippen molar-refractivity contribution in [1.29, 1.82) is 0 Å². The zero-order valence-electron chi connectivity index (χ0n) is 13.4. The Balaban J connectivity index is 2.19. The van der Waals surface area contributed by atoms with Crippen LogP contribution in [-0.2, 0) is 0 Å². The Morgan fingerprint density at radius 2 is 1.96 bits per heavy atom. The molecule has 0 fully saturated rings. The Morgan fingerprint density at radius 3 is 2.67 bits per heavy atom. The monoisotopic (exact) mass is 324 g/mol. The van der Waals surface area contributed by atoms with Crippen LogP contribution < -0.4 is 16.4 Å². The van der Waals surface area contributed by atoms with Gasteiger partial charge >= 0.3 is 6.03 Å². The lowest BCUT2D eigenvalue weighted by atomic mass is 9.96. The number of anilines is 2. The average Bonchev–Trinajstić information content (AvgIpc) is 2.58. The number of nitrogens with zero attached hydrogens (tertiary/aromatic N) is 1. The number of halogens is 1. The van der Waals surface area contributed by atoms with E-state index in [1.807, 2.05) is 31.2 Å². The van der Waals surface area contributed by atoms with Crippen molar-refractivity contribution in [2.45, 2.75) is 6.92 Å². The summed E-state index contributed by atoms with van der Waals surface area (Å²) in [5.41, 5.74) is 8.17. The first-order valence-electron chi connectivity index (χ1n) is 7.43. The Labute approximate surface area is 138 Å². The van der Waals surface area contributed by atoms with Crippen molar-refractivity contribution < 1.29 is 9.18 Å². The molecule has 0 unspecified atom stereocenters. The molecule has 0 saturated carbocycles. The summed E-state index contributed by atoms with van der Waals surface area (Å²) in [7, 11) is 1.51. The molecular formula is C18H17FN4O. The molecule has 0 bridgehead atoms. The quantitative estimate of drug-likeness (QED) is 0.629. The van der Waals surface area contributed by atoms with Crippen LogP contribution in [0.4, 0.5) is 20.7 Å². The third kappa shape index (κ3) is 2.74. The first-order chi connectivity index (χ1) is 11.5. The number of nitrogens with one attached hydrogen (secondary N) is 2. The molecule has 3 aromatic rings. The fourth-order valence-electron chi connectivity index (χ4n) is 2.62. The molecule has 122 valence electrons. The van der Waals surface area contributed by atoms with E-state index >= 15 is 0 Å². The maximum Gasteiger partial charge on any atom is 0.320 e. The number of benzene rings is 2. The van der Waals surface area contributed by atoms with Crippen molar-refractivity contribution in [3.05, 3.63) is 54.0 Å². The van der Waals surface area contributed by atoms with Gasteiger partial charge in [0.25, 0.3) is 0 Å². The number of fused-ring (bicyclic) bond motifs is 1. The van der Waals surface area contributed by atoms with Gasteiger partial charge < -0.3 is 11.1 Å². The number of pyridine rings is 1. The highest BCUT2D eigenvalue weighted by Gasteiger charge is 2.15. The predicted octanol–water partition coefficient (Wildman–Crippen LogP) is 3.68. The second kappa shape index (κ2) is 6.16. The molecule has 6 heteroatoms. The van der Waals surface area contributed by atoms with Gasteiger partial charge in [-0.15, -0.1) is 0 Å². The molecule has 1 aromatic heterocycles. The van der Waals surface area contributed by atoms with Crippen molar-refractivity contribution in [1.82, 2.24) is 10.3 Å². The van der Waals surface area contributed by atoms with Crippen LogP contribution in [0.3, 0.4) is 0 Å². The van der Waals surface area contributed by atoms with Crippen molar-refractivity contribution in [3.63, 3.8) is 0 Å². The normalized spacial score (nSPS) is 10.6. The maximum absolute atomic E-state index is 14.7. The molecule has 3 rings (SSSR count). The lowest BCUT2D eigenvalue weighted by Gasteiger charge is -2.12. The smallest absolute Gasteiger partial charge is 0.320 e. The third-order valence-corrected chi connectivity index (χ3v) is 3.90. The molecule has 1 heterocycles. The van der Waals surface area contributed by atoms with Gasteiger partial charge in [-0.2, -0.15) is 0 Å². The van der Waals surface area contributed by atoms with Crippen molar-refractivity contribution in [2.24, 2.45) is 0 Å². The summed E-state index contributed by atoms with van der Waals surface area (Å²) >= 11 is 0. The average molecular weight is 324 g/mol. The van der Waals surface area contributed by atoms with Crippen LogP contribution >= 0.6 is 0 Å². The van der Waals surface area contributed by atoms with Gasteiger partial charge in [-0.05, 0) is 35.6 Å². The summed E-state index contributed by atoms with van der Waals surface area (Å²) in [4.78, 5) is 15.5. The zero-order valence-corrected chi connectivity index (χ0v) is 13.4. The number of urea groups is 1. The van der Waals surface area contributed by atoms with Crippen molar-refractivity contribution in [3.8, 4) is 11.1 Å². The lowest BCUT2D eigenvalue weighted by molar-refractivity contribution is 0.254. The highest BCUT2D eigenvalue weighted by molar-refractivity contribution is 5.99. The molecule has 0 atom stereocenters. The number of nitrogen functional groups attached to an aromatic ring is 1. The molecule has 2 amide bonds. The van der Waals surface area contributed by atoms with Gasteiger partial charge in [0.15, 0.2) is 5.82 Å². The summed E-state index contributed by atoms with van der Waals surface area (Å²) in [6, 6.07) is 10.5. The van der Waals surface area contributed by atoms with Gasteiger partial charge in [-0.1, -0.05) is 24.3 Å². The van der Waals surface area contributed by atoms with Crippen LogP contribution in [0, 0.1) is 12.7 Å². The number of hydrogen-bond donors (Lipinski definition) is 3. The fraction of sp³-hybridized carbons (Fsp3) is 0.111. The van der Waals surface area contributed by atoms with Crippen LogP contribution in [0.15, 0.2) is 42.6 Å². The molecule has 0 aliphatic rings. The highest BCUT2D eigenvalue weighted by atomic mass is 19.1. The van der Waals surface area contributed by atoms with E-state index in [-0.39, 0.29) is 11.7 Å². The van der Waals surface area contributed by atoms with E-state index in [4.69, 9.17) is 5.73 Å². The summed E-state index contributed by atoms with van der Waals surface area (Å²) in [6.07, 6.45) is 1.46. The molecule has 0 saturated heterocycles. The summed E-state index contributed by atoms with van der Waals surface area (Å²) in [5, 5.41) is 6.25. The minimum atomic E-state index is -0.467. The summed E-state index contributed by atoms with van der Waals surface area (Å²) in [5.74, 6) is -0.103. The zero-order chi connectivity index (χ0) is 17.3. The minimum absolute atomic E-state index is 0.0461. The fourth-order valence-corrected chi connectivity index (χ4v) is 2.62. The maximum atomic E-state index is 14.7. The largest absolute Gasteiger partial charge is 0.396 e. The summed E-state index contributed by atoms with van der Waals surface area (Å²) < 4.78 is 14.7. The summed E-state index contributed by atoms with van der Waals surface area (Å²) in [6.45, 7) is 1.92. The molecule has 0 aliphatic heterocycles. The first-order valence-corrected chi connectivity index (χ1v) is 7.43. The Morgan fingerprint density at radius 1 is 1.21 bits per heavy atom. The van der Waals surface area contributed by atoms with Crippen molar-refractivity contribution >= 4 is 28.3 Å². The van der Waals surface area contributed by atoms with E-state index in [0.717, 1.165) is 11.1 Å². The SMILES string of the molecule is CNC(=O)Nc1cc2cc(-c3ccccc3C)c(F)c(N)c2cn1. The van der Waals surface area contributed by atoms with Crippen LogP contribution in [0.5, 0.6) is 0 Å². The highest BCUT2D eigenvalue weighted by Crippen LogP contribution is 2.35. The van der Waals surface area contributed by atoms with Gasteiger partial charge in [-0.25, -0.2) is 14.2 Å².